The second-order valence-electron chi connectivity index (χ2n) is 7.44. The molecule has 3 aliphatic carbocycles. The molecule has 0 aliphatic heterocycles. The highest BCUT2D eigenvalue weighted by atomic mass is 35.5. The van der Waals surface area contributed by atoms with Crippen LogP contribution in [0, 0.1) is 11.8 Å². The minimum Gasteiger partial charge on any atom is -0.0843 e. The fraction of sp³-hybridized carbons (Fsp3) is 0.684. The van der Waals surface area contributed by atoms with Gasteiger partial charge in [0.1, 0.15) is 0 Å². The summed E-state index contributed by atoms with van der Waals surface area (Å²) < 4.78 is 0. The highest BCUT2D eigenvalue weighted by molar-refractivity contribution is 6.30. The number of hydrogen-bond acceptors (Lipinski definition) is 0. The second kappa shape index (κ2) is 5.05. The van der Waals surface area contributed by atoms with Crippen molar-refractivity contribution in [2.75, 3.05) is 0 Å². The molecule has 1 aromatic carbocycles. The molecule has 0 heterocycles. The Kier molecular flexibility index (Phi) is 3.33. The van der Waals surface area contributed by atoms with Crippen molar-refractivity contribution >= 4 is 11.6 Å². The first kappa shape index (κ1) is 13.2. The van der Waals surface area contributed by atoms with E-state index in [0.29, 0.717) is 5.41 Å². The Morgan fingerprint density at radius 3 is 2.80 bits per heavy atom. The third kappa shape index (κ3) is 2.21. The van der Waals surface area contributed by atoms with E-state index >= 15 is 0 Å². The topological polar surface area (TPSA) is 0 Å². The third-order valence-corrected chi connectivity index (χ3v) is 6.56. The lowest BCUT2D eigenvalue weighted by molar-refractivity contribution is 0.322. The van der Waals surface area contributed by atoms with Gasteiger partial charge in [-0.1, -0.05) is 56.2 Å². The summed E-state index contributed by atoms with van der Waals surface area (Å²) in [7, 11) is 0. The van der Waals surface area contributed by atoms with E-state index in [1.54, 1.807) is 11.1 Å². The predicted octanol–water partition coefficient (Wildman–Crippen LogP) is 5.90. The van der Waals surface area contributed by atoms with Crippen LogP contribution in [0.25, 0.3) is 0 Å². The lowest BCUT2D eigenvalue weighted by atomic mass is 9.84. The maximum atomic E-state index is 6.22. The number of fused-ring (bicyclic) bond motifs is 2. The summed E-state index contributed by atoms with van der Waals surface area (Å²) in [6.07, 6.45) is 14.5. The summed E-state index contributed by atoms with van der Waals surface area (Å²) in [4.78, 5) is 0. The van der Waals surface area contributed by atoms with Crippen LogP contribution < -0.4 is 0 Å². The van der Waals surface area contributed by atoms with Crippen LogP contribution in [0.4, 0.5) is 0 Å². The molecule has 108 valence electrons. The maximum Gasteiger partial charge on any atom is 0.0409 e. The fourth-order valence-electron chi connectivity index (χ4n) is 5.03. The zero-order valence-corrected chi connectivity index (χ0v) is 13.1. The van der Waals surface area contributed by atoms with E-state index in [0.717, 1.165) is 16.9 Å². The van der Waals surface area contributed by atoms with E-state index in [1.165, 1.54) is 64.2 Å². The Balaban J connectivity index is 1.41. The number of benzene rings is 1. The van der Waals surface area contributed by atoms with Crippen LogP contribution in [0.5, 0.6) is 0 Å². The third-order valence-electron chi connectivity index (χ3n) is 6.33. The molecule has 3 aliphatic rings. The summed E-state index contributed by atoms with van der Waals surface area (Å²) in [6.45, 7) is 0. The SMILES string of the molecule is Clc1ccc2c(c1)C1(CC2)CC1CCC1CCCCC1. The van der Waals surface area contributed by atoms with Gasteiger partial charge in [-0.15, -0.1) is 0 Å². The van der Waals surface area contributed by atoms with Crippen molar-refractivity contribution in [1.82, 2.24) is 0 Å². The Morgan fingerprint density at radius 2 is 1.95 bits per heavy atom. The average molecular weight is 289 g/mol. The Hall–Kier alpha value is -0.490. The van der Waals surface area contributed by atoms with Gasteiger partial charge in [0.25, 0.3) is 0 Å². The molecule has 0 N–H and O–H groups in total. The van der Waals surface area contributed by atoms with Crippen molar-refractivity contribution in [2.24, 2.45) is 11.8 Å². The highest BCUT2D eigenvalue weighted by Crippen LogP contribution is 2.63. The molecule has 2 atom stereocenters. The van der Waals surface area contributed by atoms with Crippen molar-refractivity contribution < 1.29 is 0 Å². The number of aryl methyl sites for hydroxylation is 1. The van der Waals surface area contributed by atoms with Crippen LogP contribution >= 0.6 is 11.6 Å². The summed E-state index contributed by atoms with van der Waals surface area (Å²) in [5, 5.41) is 0.933. The average Bonchev–Trinajstić information content (AvgIpc) is 3.08. The van der Waals surface area contributed by atoms with Gasteiger partial charge in [-0.25, -0.2) is 0 Å². The first-order valence-corrected chi connectivity index (χ1v) is 8.95. The Bertz CT molecular complexity index is 500. The van der Waals surface area contributed by atoms with Gasteiger partial charge >= 0.3 is 0 Å². The molecule has 0 amide bonds. The first-order valence-electron chi connectivity index (χ1n) is 8.57. The predicted molar refractivity (Wildman–Crippen MR) is 85.4 cm³/mol. The smallest absolute Gasteiger partial charge is 0.0409 e. The Labute approximate surface area is 127 Å². The Morgan fingerprint density at radius 1 is 1.10 bits per heavy atom. The number of rotatable bonds is 3. The van der Waals surface area contributed by atoms with Crippen molar-refractivity contribution in [2.45, 2.75) is 69.6 Å². The summed E-state index contributed by atoms with van der Waals surface area (Å²) >= 11 is 6.22. The van der Waals surface area contributed by atoms with Gasteiger partial charge in [0.05, 0.1) is 0 Å². The van der Waals surface area contributed by atoms with Gasteiger partial charge < -0.3 is 0 Å². The van der Waals surface area contributed by atoms with E-state index < -0.39 is 0 Å². The van der Waals surface area contributed by atoms with E-state index in [9.17, 15) is 0 Å². The molecule has 0 nitrogen and oxygen atoms in total. The normalized spacial score (nSPS) is 32.5. The maximum absolute atomic E-state index is 6.22. The lowest BCUT2D eigenvalue weighted by Crippen LogP contribution is -2.09. The monoisotopic (exact) mass is 288 g/mol. The quantitative estimate of drug-likeness (QED) is 0.649. The molecule has 1 aromatic rings. The molecule has 0 radical (unpaired) electrons. The van der Waals surface area contributed by atoms with Gasteiger partial charge in [-0.05, 0) is 66.2 Å². The molecule has 0 bridgehead atoms. The summed E-state index contributed by atoms with van der Waals surface area (Å²) in [5.74, 6) is 2.01. The minimum absolute atomic E-state index is 0.550. The van der Waals surface area contributed by atoms with Gasteiger partial charge in [0, 0.05) is 5.02 Å². The van der Waals surface area contributed by atoms with Crippen LogP contribution in [-0.2, 0) is 11.8 Å². The number of hydrogen-bond donors (Lipinski definition) is 0. The molecular weight excluding hydrogens is 264 g/mol. The molecule has 0 saturated heterocycles. The molecular formula is C19H25Cl. The van der Waals surface area contributed by atoms with Crippen LogP contribution in [0.2, 0.25) is 5.02 Å². The summed E-state index contributed by atoms with van der Waals surface area (Å²) in [5.41, 5.74) is 3.74. The zero-order chi connectivity index (χ0) is 13.6. The number of halogens is 1. The highest BCUT2D eigenvalue weighted by Gasteiger charge is 2.57. The van der Waals surface area contributed by atoms with Gasteiger partial charge in [0.2, 0.25) is 0 Å². The van der Waals surface area contributed by atoms with Gasteiger partial charge in [-0.3, -0.25) is 0 Å². The van der Waals surface area contributed by atoms with Crippen molar-refractivity contribution in [3.63, 3.8) is 0 Å². The standard InChI is InChI=1S/C19H25Cl/c20-17-9-7-15-10-11-19(18(15)12-17)13-16(19)8-6-14-4-2-1-3-5-14/h7,9,12,14,16H,1-6,8,10-11,13H2. The molecule has 0 aromatic heterocycles. The van der Waals surface area contributed by atoms with Gasteiger partial charge in [-0.2, -0.15) is 0 Å². The molecule has 1 heteroatoms. The van der Waals surface area contributed by atoms with E-state index in [1.807, 2.05) is 0 Å². The van der Waals surface area contributed by atoms with E-state index in [2.05, 4.69) is 18.2 Å². The lowest BCUT2D eigenvalue weighted by Gasteiger charge is -2.22. The van der Waals surface area contributed by atoms with Crippen LogP contribution in [-0.4, -0.2) is 0 Å². The minimum atomic E-state index is 0.550. The van der Waals surface area contributed by atoms with Crippen LogP contribution in [0.15, 0.2) is 18.2 Å². The van der Waals surface area contributed by atoms with Crippen LogP contribution in [0.3, 0.4) is 0 Å². The van der Waals surface area contributed by atoms with Crippen LogP contribution in [0.1, 0.15) is 68.9 Å². The zero-order valence-electron chi connectivity index (χ0n) is 12.3. The molecule has 4 rings (SSSR count). The first-order chi connectivity index (χ1) is 9.78. The van der Waals surface area contributed by atoms with Crippen molar-refractivity contribution in [3.8, 4) is 0 Å². The van der Waals surface area contributed by atoms with Crippen molar-refractivity contribution in [3.05, 3.63) is 34.3 Å². The molecule has 2 unspecified atom stereocenters. The largest absolute Gasteiger partial charge is 0.0843 e. The van der Waals surface area contributed by atoms with E-state index in [-0.39, 0.29) is 0 Å². The molecule has 1 spiro atoms. The van der Waals surface area contributed by atoms with Gasteiger partial charge in [0.15, 0.2) is 0 Å². The molecule has 2 saturated carbocycles. The molecule has 20 heavy (non-hydrogen) atoms. The molecule has 2 fully saturated rings. The fourth-order valence-corrected chi connectivity index (χ4v) is 5.20. The second-order valence-corrected chi connectivity index (χ2v) is 7.88. The van der Waals surface area contributed by atoms with E-state index in [4.69, 9.17) is 11.6 Å². The van der Waals surface area contributed by atoms with Crippen molar-refractivity contribution in [1.29, 1.82) is 0 Å². The summed E-state index contributed by atoms with van der Waals surface area (Å²) in [6, 6.07) is 6.60.